The molecule has 148 valence electrons. The third kappa shape index (κ3) is 4.22. The highest BCUT2D eigenvalue weighted by Crippen LogP contribution is 2.42. The van der Waals surface area contributed by atoms with E-state index in [4.69, 9.17) is 11.6 Å². The van der Waals surface area contributed by atoms with Crippen LogP contribution in [0.1, 0.15) is 19.4 Å². The van der Waals surface area contributed by atoms with E-state index in [9.17, 15) is 4.79 Å². The molecule has 1 fully saturated rings. The fourth-order valence-electron chi connectivity index (χ4n) is 3.00. The topological polar surface area (TPSA) is 57.1 Å². The fraction of sp³-hybridized carbons (Fsp3) is 0.190. The first-order valence-electron chi connectivity index (χ1n) is 9.02. The van der Waals surface area contributed by atoms with Crippen LogP contribution in [-0.2, 0) is 4.79 Å². The Hall–Kier alpha value is -2.22. The molecule has 0 radical (unpaired) electrons. The van der Waals surface area contributed by atoms with Crippen molar-refractivity contribution < 1.29 is 4.79 Å². The normalized spacial score (nSPS) is 19.3. The number of carbonyl (C=O) groups is 1. The Morgan fingerprint density at radius 3 is 2.72 bits per heavy atom. The zero-order valence-electron chi connectivity index (χ0n) is 16.2. The first-order valence-corrected chi connectivity index (χ1v) is 11.2. The number of thioether (sulfide) groups is 2. The van der Waals surface area contributed by atoms with Crippen LogP contribution in [-0.4, -0.2) is 22.5 Å². The molecule has 2 heterocycles. The molecule has 0 bridgehead atoms. The summed E-state index contributed by atoms with van der Waals surface area (Å²) in [6.07, 6.45) is 0. The average molecular weight is 443 g/mol. The molecule has 29 heavy (non-hydrogen) atoms. The Bertz CT molecular complexity index is 1080. The van der Waals surface area contributed by atoms with Crippen LogP contribution in [0.3, 0.4) is 0 Å². The summed E-state index contributed by atoms with van der Waals surface area (Å²) in [6.45, 7) is 5.96. The smallest absolute Gasteiger partial charge is 0.243 e. The van der Waals surface area contributed by atoms with Gasteiger partial charge in [0.1, 0.15) is 0 Å². The Kier molecular flexibility index (Phi) is 5.72. The molecule has 5 nitrogen and oxygen atoms in total. The third-order valence-electron chi connectivity index (χ3n) is 4.47. The number of hydrazone groups is 1. The predicted octanol–water partition coefficient (Wildman–Crippen LogP) is 5.72. The van der Waals surface area contributed by atoms with Crippen molar-refractivity contribution in [2.45, 2.75) is 25.7 Å². The molecular formula is C21H19ClN4OS2. The van der Waals surface area contributed by atoms with Crippen molar-refractivity contribution >= 4 is 63.3 Å². The number of anilines is 1. The second-order valence-corrected chi connectivity index (χ2v) is 9.16. The Balaban J connectivity index is 1.59. The van der Waals surface area contributed by atoms with Gasteiger partial charge in [-0.3, -0.25) is 20.1 Å². The van der Waals surface area contributed by atoms with Crippen LogP contribution < -0.4 is 10.3 Å². The van der Waals surface area contributed by atoms with Crippen LogP contribution in [0.25, 0.3) is 0 Å². The lowest BCUT2D eigenvalue weighted by Gasteiger charge is -2.19. The SMILES string of the molecule is CC1=Nc2ccc(Cl)cc2S/C1=C(/C)N/N=C1\SCC(=O)N1c1ccc(C)cc1. The van der Waals surface area contributed by atoms with Gasteiger partial charge >= 0.3 is 0 Å². The maximum Gasteiger partial charge on any atom is 0.243 e. The zero-order valence-corrected chi connectivity index (χ0v) is 18.6. The maximum atomic E-state index is 12.4. The van der Waals surface area contributed by atoms with Gasteiger partial charge in [-0.05, 0) is 51.1 Å². The number of fused-ring (bicyclic) bond motifs is 1. The van der Waals surface area contributed by atoms with E-state index in [2.05, 4.69) is 15.5 Å². The minimum atomic E-state index is 0.0260. The minimum absolute atomic E-state index is 0.0260. The molecule has 2 aromatic carbocycles. The number of halogens is 1. The minimum Gasteiger partial charge on any atom is -0.279 e. The molecular weight excluding hydrogens is 424 g/mol. The number of rotatable bonds is 3. The van der Waals surface area contributed by atoms with Gasteiger partial charge in [-0.15, -0.1) is 5.10 Å². The summed E-state index contributed by atoms with van der Waals surface area (Å²) in [5.41, 5.74) is 7.80. The van der Waals surface area contributed by atoms with Crippen LogP contribution >= 0.6 is 35.1 Å². The van der Waals surface area contributed by atoms with E-state index < -0.39 is 0 Å². The van der Waals surface area contributed by atoms with Crippen molar-refractivity contribution in [3.8, 4) is 0 Å². The van der Waals surface area contributed by atoms with E-state index in [1.54, 1.807) is 16.7 Å². The molecule has 0 saturated carbocycles. The first kappa shape index (κ1) is 20.1. The lowest BCUT2D eigenvalue weighted by molar-refractivity contribution is -0.115. The Labute approximate surface area is 183 Å². The number of nitrogens with one attached hydrogen (secondary N) is 1. The largest absolute Gasteiger partial charge is 0.279 e. The number of amidine groups is 1. The zero-order chi connectivity index (χ0) is 20.5. The molecule has 1 N–H and O–H groups in total. The van der Waals surface area contributed by atoms with E-state index in [0.29, 0.717) is 15.9 Å². The highest BCUT2D eigenvalue weighted by molar-refractivity contribution is 8.15. The van der Waals surface area contributed by atoms with Crippen molar-refractivity contribution in [2.24, 2.45) is 10.1 Å². The second-order valence-electron chi connectivity index (χ2n) is 6.73. The molecule has 8 heteroatoms. The van der Waals surface area contributed by atoms with Gasteiger partial charge in [0.05, 0.1) is 27.7 Å². The van der Waals surface area contributed by atoms with Crippen LogP contribution in [0.15, 0.2) is 68.1 Å². The molecule has 0 aliphatic carbocycles. The number of benzene rings is 2. The number of carbonyl (C=O) groups excluding carboxylic acids is 1. The number of hydrogen-bond acceptors (Lipinski definition) is 6. The van der Waals surface area contributed by atoms with Crippen molar-refractivity contribution in [1.29, 1.82) is 0 Å². The quantitative estimate of drug-likeness (QED) is 0.617. The highest BCUT2D eigenvalue weighted by atomic mass is 35.5. The fourth-order valence-corrected chi connectivity index (χ4v) is 5.08. The highest BCUT2D eigenvalue weighted by Gasteiger charge is 2.30. The summed E-state index contributed by atoms with van der Waals surface area (Å²) in [7, 11) is 0. The predicted molar refractivity (Wildman–Crippen MR) is 124 cm³/mol. The molecule has 2 aromatic rings. The van der Waals surface area contributed by atoms with Gasteiger partial charge < -0.3 is 0 Å². The van der Waals surface area contributed by atoms with Gasteiger partial charge in [0.15, 0.2) is 5.17 Å². The second kappa shape index (κ2) is 8.26. The summed E-state index contributed by atoms with van der Waals surface area (Å²) >= 11 is 9.17. The molecule has 1 saturated heterocycles. The summed E-state index contributed by atoms with van der Waals surface area (Å²) in [4.78, 5) is 20.7. The molecule has 0 atom stereocenters. The number of aryl methyl sites for hydroxylation is 1. The van der Waals surface area contributed by atoms with Crippen molar-refractivity contribution in [3.63, 3.8) is 0 Å². The molecule has 0 aromatic heterocycles. The molecule has 2 aliphatic rings. The molecule has 4 rings (SSSR count). The Morgan fingerprint density at radius 1 is 1.21 bits per heavy atom. The lowest BCUT2D eigenvalue weighted by Crippen LogP contribution is -2.30. The van der Waals surface area contributed by atoms with Crippen LogP contribution in [0.5, 0.6) is 0 Å². The third-order valence-corrected chi connectivity index (χ3v) is 6.98. The first-order chi connectivity index (χ1) is 13.9. The summed E-state index contributed by atoms with van der Waals surface area (Å²) in [6, 6.07) is 13.5. The number of amides is 1. The number of nitrogens with zero attached hydrogens (tertiary/aromatic N) is 3. The van der Waals surface area contributed by atoms with Crippen LogP contribution in [0, 0.1) is 6.92 Å². The van der Waals surface area contributed by atoms with Gasteiger partial charge in [-0.2, -0.15) is 0 Å². The van der Waals surface area contributed by atoms with Crippen molar-refractivity contribution in [3.05, 3.63) is 63.7 Å². The molecule has 2 aliphatic heterocycles. The monoisotopic (exact) mass is 442 g/mol. The van der Waals surface area contributed by atoms with E-state index in [0.717, 1.165) is 38.1 Å². The van der Waals surface area contributed by atoms with Gasteiger partial charge in [0.25, 0.3) is 0 Å². The van der Waals surface area contributed by atoms with E-state index in [-0.39, 0.29) is 5.91 Å². The lowest BCUT2D eigenvalue weighted by atomic mass is 10.2. The van der Waals surface area contributed by atoms with Crippen molar-refractivity contribution in [1.82, 2.24) is 5.43 Å². The van der Waals surface area contributed by atoms with E-state index in [1.807, 2.05) is 63.2 Å². The number of allylic oxidation sites excluding steroid dienone is 2. The van der Waals surface area contributed by atoms with Gasteiger partial charge in [0, 0.05) is 15.6 Å². The Morgan fingerprint density at radius 2 is 1.97 bits per heavy atom. The average Bonchev–Trinajstić information content (AvgIpc) is 3.07. The summed E-state index contributed by atoms with van der Waals surface area (Å²) < 4.78 is 0. The van der Waals surface area contributed by atoms with Gasteiger partial charge in [-0.1, -0.05) is 52.8 Å². The van der Waals surface area contributed by atoms with Gasteiger partial charge in [0.2, 0.25) is 5.91 Å². The number of hydrogen-bond donors (Lipinski definition) is 1. The van der Waals surface area contributed by atoms with E-state index in [1.165, 1.54) is 11.8 Å². The summed E-state index contributed by atoms with van der Waals surface area (Å²) in [5.74, 6) is 0.406. The van der Waals surface area contributed by atoms with Crippen LogP contribution in [0.4, 0.5) is 11.4 Å². The van der Waals surface area contributed by atoms with E-state index >= 15 is 0 Å². The van der Waals surface area contributed by atoms with Crippen LogP contribution in [0.2, 0.25) is 5.02 Å². The molecule has 1 amide bonds. The maximum absolute atomic E-state index is 12.4. The number of aliphatic imine (C=N–C) groups is 1. The molecule has 0 unspecified atom stereocenters. The van der Waals surface area contributed by atoms with Crippen molar-refractivity contribution in [2.75, 3.05) is 10.7 Å². The summed E-state index contributed by atoms with van der Waals surface area (Å²) in [5, 5.41) is 5.84. The standard InChI is InChI=1S/C21H19ClN4OS2/c1-12-4-7-16(8-5-12)26-19(27)11-28-21(26)25-24-14(3)20-13(2)23-17-9-6-15(22)10-18(17)29-20/h4-10,24H,11H2,1-3H3/b20-14-,25-21-. The van der Waals surface area contributed by atoms with Gasteiger partial charge in [-0.25, -0.2) is 0 Å². The molecule has 0 spiro atoms.